The van der Waals surface area contributed by atoms with Crippen molar-refractivity contribution in [1.29, 1.82) is 0 Å². The molecule has 0 radical (unpaired) electrons. The summed E-state index contributed by atoms with van der Waals surface area (Å²) < 4.78 is 5.52. The topological polar surface area (TPSA) is 91.0 Å². The number of anilines is 3. The Hall–Kier alpha value is -3.07. The van der Waals surface area contributed by atoms with Gasteiger partial charge < -0.3 is 20.3 Å². The van der Waals surface area contributed by atoms with Crippen LogP contribution in [0.15, 0.2) is 30.3 Å². The third-order valence-electron chi connectivity index (χ3n) is 6.25. The average Bonchev–Trinajstić information content (AvgIpc) is 3.42. The summed E-state index contributed by atoms with van der Waals surface area (Å²) in [5, 5.41) is 5.94. The van der Waals surface area contributed by atoms with Crippen molar-refractivity contribution in [3.05, 3.63) is 40.1 Å². The number of ether oxygens (including phenoxy) is 1. The van der Waals surface area contributed by atoms with Crippen molar-refractivity contribution < 1.29 is 19.1 Å². The lowest BCUT2D eigenvalue weighted by molar-refractivity contribution is -0.123. The molecule has 2 fully saturated rings. The fourth-order valence-corrected chi connectivity index (χ4v) is 4.99. The summed E-state index contributed by atoms with van der Waals surface area (Å²) >= 11 is 1.43. The third kappa shape index (κ3) is 5.96. The van der Waals surface area contributed by atoms with E-state index in [0.717, 1.165) is 36.5 Å². The number of rotatable bonds is 6. The Balaban J connectivity index is 1.49. The van der Waals surface area contributed by atoms with E-state index in [4.69, 9.17) is 4.74 Å². The third-order valence-corrected chi connectivity index (χ3v) is 7.25. The van der Waals surface area contributed by atoms with Crippen LogP contribution >= 0.6 is 11.3 Å². The van der Waals surface area contributed by atoms with Gasteiger partial charge in [0, 0.05) is 29.1 Å². The Labute approximate surface area is 210 Å². The normalized spacial score (nSPS) is 18.4. The molecule has 3 heterocycles. The molecule has 4 rings (SSSR count). The van der Waals surface area contributed by atoms with E-state index < -0.39 is 17.6 Å². The van der Waals surface area contributed by atoms with Crippen molar-refractivity contribution in [3.8, 4) is 0 Å². The Morgan fingerprint density at radius 1 is 1.11 bits per heavy atom. The van der Waals surface area contributed by atoms with E-state index in [1.807, 2.05) is 52.0 Å². The predicted octanol–water partition coefficient (Wildman–Crippen LogP) is 4.79. The molecule has 0 spiro atoms. The summed E-state index contributed by atoms with van der Waals surface area (Å²) in [5.74, 6) is -0.253. The zero-order chi connectivity index (χ0) is 25.2. The van der Waals surface area contributed by atoms with Crippen molar-refractivity contribution in [2.45, 2.75) is 53.1 Å². The smallest absolute Gasteiger partial charge is 0.414 e. The first-order valence-electron chi connectivity index (χ1n) is 12.1. The summed E-state index contributed by atoms with van der Waals surface area (Å²) in [5.41, 5.74) is 1.77. The minimum absolute atomic E-state index is 0.0821. The molecule has 1 unspecified atom stereocenters. The number of carbonyl (C=O) groups excluding carboxylic acids is 3. The van der Waals surface area contributed by atoms with Crippen molar-refractivity contribution in [2.75, 3.05) is 41.3 Å². The first kappa shape index (κ1) is 25.0. The highest BCUT2D eigenvalue weighted by Crippen LogP contribution is 2.35. The zero-order valence-corrected chi connectivity index (χ0v) is 21.7. The molecule has 2 aliphatic rings. The van der Waals surface area contributed by atoms with Crippen LogP contribution in [-0.2, 0) is 9.53 Å². The highest BCUT2D eigenvalue weighted by Gasteiger charge is 2.33. The van der Waals surface area contributed by atoms with Gasteiger partial charge in [0.1, 0.15) is 6.10 Å². The first-order chi connectivity index (χ1) is 16.6. The average molecular weight is 499 g/mol. The monoisotopic (exact) mass is 498 g/mol. The second kappa shape index (κ2) is 10.3. The van der Waals surface area contributed by atoms with Gasteiger partial charge in [-0.3, -0.25) is 14.5 Å². The summed E-state index contributed by atoms with van der Waals surface area (Å²) in [4.78, 5) is 43.4. The van der Waals surface area contributed by atoms with Gasteiger partial charge in [0.25, 0.3) is 5.91 Å². The number of carbonyl (C=O) groups is 3. The molecule has 9 heteroatoms. The maximum Gasteiger partial charge on any atom is 0.414 e. The van der Waals surface area contributed by atoms with Gasteiger partial charge in [-0.05, 0) is 56.5 Å². The number of thiophene rings is 1. The number of benzene rings is 1. The van der Waals surface area contributed by atoms with E-state index in [1.165, 1.54) is 17.8 Å². The Morgan fingerprint density at radius 2 is 1.86 bits per heavy atom. The molecular formula is C26H34N4O4S. The lowest BCUT2D eigenvalue weighted by Crippen LogP contribution is -2.34. The van der Waals surface area contributed by atoms with Gasteiger partial charge in [0.2, 0.25) is 5.91 Å². The standard InChI is InChI=1S/C26H34N4O4S/c1-17-8-11-22(35-17)23(31)27-15-19-16-30(25(33)34-19)18-9-10-21(29-12-6-5-7-13-29)20(14-18)28-24(32)26(2,3)4/h8-11,14,19H,5-7,12-13,15-16H2,1-4H3,(H,27,31)(H,28,32). The van der Waals surface area contributed by atoms with E-state index in [-0.39, 0.29) is 18.4 Å². The number of cyclic esters (lactones) is 1. The molecular weight excluding hydrogens is 464 g/mol. The van der Waals surface area contributed by atoms with Gasteiger partial charge in [-0.2, -0.15) is 0 Å². The van der Waals surface area contributed by atoms with E-state index in [1.54, 1.807) is 11.0 Å². The van der Waals surface area contributed by atoms with E-state index in [9.17, 15) is 14.4 Å². The molecule has 1 aromatic carbocycles. The van der Waals surface area contributed by atoms with Crippen molar-refractivity contribution in [1.82, 2.24) is 5.32 Å². The van der Waals surface area contributed by atoms with Crippen LogP contribution in [0, 0.1) is 12.3 Å². The molecule has 35 heavy (non-hydrogen) atoms. The van der Waals surface area contributed by atoms with Crippen molar-refractivity contribution >= 4 is 46.3 Å². The lowest BCUT2D eigenvalue weighted by Gasteiger charge is -2.32. The molecule has 188 valence electrons. The van der Waals surface area contributed by atoms with Crippen LogP contribution in [0.25, 0.3) is 0 Å². The summed E-state index contributed by atoms with van der Waals surface area (Å²) in [6, 6.07) is 9.41. The second-order valence-electron chi connectivity index (χ2n) is 10.2. The van der Waals surface area contributed by atoms with Gasteiger partial charge >= 0.3 is 6.09 Å². The fraction of sp³-hybridized carbons (Fsp3) is 0.500. The van der Waals surface area contributed by atoms with Crippen LogP contribution < -0.4 is 20.4 Å². The van der Waals surface area contributed by atoms with Gasteiger partial charge in [-0.15, -0.1) is 11.3 Å². The maximum absolute atomic E-state index is 12.8. The van der Waals surface area contributed by atoms with Crippen LogP contribution in [0.4, 0.5) is 21.9 Å². The molecule has 1 aromatic heterocycles. The highest BCUT2D eigenvalue weighted by molar-refractivity contribution is 7.13. The van der Waals surface area contributed by atoms with Crippen LogP contribution in [0.2, 0.25) is 0 Å². The number of aryl methyl sites for hydroxylation is 1. The molecule has 8 nitrogen and oxygen atoms in total. The SMILES string of the molecule is Cc1ccc(C(=O)NCC2CN(c3ccc(N4CCCCC4)c(NC(=O)C(C)(C)C)c3)C(=O)O2)s1. The summed E-state index contributed by atoms with van der Waals surface area (Å²) in [7, 11) is 0. The lowest BCUT2D eigenvalue weighted by atomic mass is 9.95. The van der Waals surface area contributed by atoms with E-state index in [0.29, 0.717) is 22.8 Å². The molecule has 2 aliphatic heterocycles. The van der Waals surface area contributed by atoms with Gasteiger partial charge in [-0.1, -0.05) is 20.8 Å². The molecule has 0 aliphatic carbocycles. The molecule has 2 aromatic rings. The number of nitrogens with one attached hydrogen (secondary N) is 2. The van der Waals surface area contributed by atoms with Crippen LogP contribution in [0.5, 0.6) is 0 Å². The highest BCUT2D eigenvalue weighted by atomic mass is 32.1. The van der Waals surface area contributed by atoms with E-state index >= 15 is 0 Å². The van der Waals surface area contributed by atoms with Gasteiger partial charge in [-0.25, -0.2) is 4.79 Å². The predicted molar refractivity (Wildman–Crippen MR) is 140 cm³/mol. The van der Waals surface area contributed by atoms with Crippen molar-refractivity contribution in [2.24, 2.45) is 5.41 Å². The molecule has 0 bridgehead atoms. The molecule has 3 amide bonds. The largest absolute Gasteiger partial charge is 0.442 e. The minimum atomic E-state index is -0.549. The van der Waals surface area contributed by atoms with Gasteiger partial charge in [0.05, 0.1) is 29.3 Å². The number of piperidine rings is 1. The molecule has 2 N–H and O–H groups in total. The van der Waals surface area contributed by atoms with Crippen LogP contribution in [0.3, 0.4) is 0 Å². The first-order valence-corrected chi connectivity index (χ1v) is 13.0. The maximum atomic E-state index is 12.8. The van der Waals surface area contributed by atoms with Crippen molar-refractivity contribution in [3.63, 3.8) is 0 Å². The quantitative estimate of drug-likeness (QED) is 0.598. The van der Waals surface area contributed by atoms with Crippen LogP contribution in [-0.4, -0.2) is 50.2 Å². The zero-order valence-electron chi connectivity index (χ0n) is 20.8. The Kier molecular flexibility index (Phi) is 7.35. The molecule has 1 atom stereocenters. The number of hydrogen-bond donors (Lipinski definition) is 2. The molecule has 2 saturated heterocycles. The Morgan fingerprint density at radius 3 is 2.51 bits per heavy atom. The van der Waals surface area contributed by atoms with Crippen LogP contribution in [0.1, 0.15) is 54.6 Å². The second-order valence-corrected chi connectivity index (χ2v) is 11.5. The minimum Gasteiger partial charge on any atom is -0.442 e. The fourth-order valence-electron chi connectivity index (χ4n) is 4.20. The summed E-state index contributed by atoms with van der Waals surface area (Å²) in [6.07, 6.45) is 2.52. The number of nitrogens with zero attached hydrogens (tertiary/aromatic N) is 2. The van der Waals surface area contributed by atoms with E-state index in [2.05, 4.69) is 15.5 Å². The number of hydrogen-bond acceptors (Lipinski definition) is 6. The summed E-state index contributed by atoms with van der Waals surface area (Å²) in [6.45, 7) is 10.0. The van der Waals surface area contributed by atoms with Gasteiger partial charge in [0.15, 0.2) is 0 Å². The number of amides is 3. The molecule has 0 saturated carbocycles. The Bertz CT molecular complexity index is 1100.